The van der Waals surface area contributed by atoms with Crippen LogP contribution in [0.5, 0.6) is 0 Å². The maximum atomic E-state index is 6.08. The van der Waals surface area contributed by atoms with Gasteiger partial charge in [-0.25, -0.2) is 0 Å². The molecule has 0 saturated heterocycles. The topological polar surface area (TPSA) is 12.0 Å². The molecule has 1 N–H and O–H groups in total. The van der Waals surface area contributed by atoms with E-state index in [-0.39, 0.29) is 5.41 Å². The normalized spacial score (nSPS) is 13.9. The van der Waals surface area contributed by atoms with Gasteiger partial charge in [0, 0.05) is 17.6 Å². The number of halogens is 1. The van der Waals surface area contributed by atoms with Crippen LogP contribution in [0.3, 0.4) is 0 Å². The minimum Gasteiger partial charge on any atom is -0.310 e. The molecular weight excluding hydrogens is 206 g/mol. The van der Waals surface area contributed by atoms with Crippen LogP contribution in [0.2, 0.25) is 5.02 Å². The summed E-state index contributed by atoms with van der Waals surface area (Å²) >= 11 is 6.08. The van der Waals surface area contributed by atoms with E-state index in [1.807, 2.05) is 18.2 Å². The van der Waals surface area contributed by atoms with Crippen molar-refractivity contribution < 1.29 is 0 Å². The van der Waals surface area contributed by atoms with Crippen molar-refractivity contribution in [1.82, 2.24) is 5.32 Å². The van der Waals surface area contributed by atoms with Crippen LogP contribution < -0.4 is 5.32 Å². The predicted molar refractivity (Wildman–Crippen MR) is 67.2 cm³/mol. The summed E-state index contributed by atoms with van der Waals surface area (Å²) in [7, 11) is 0. The lowest BCUT2D eigenvalue weighted by Gasteiger charge is -2.28. The van der Waals surface area contributed by atoms with Crippen LogP contribution in [0.1, 0.15) is 33.3 Å². The standard InChI is InChI=1S/C13H20ClN/c1-10(13(2,3)4)15-9-11-7-5-6-8-12(11)14/h5-8,10,15H,9H2,1-4H3. The Bertz CT molecular complexity index is 315. The molecule has 0 saturated carbocycles. The number of rotatable bonds is 3. The van der Waals surface area contributed by atoms with Gasteiger partial charge in [0.05, 0.1) is 0 Å². The minimum absolute atomic E-state index is 0.279. The number of hydrogen-bond donors (Lipinski definition) is 1. The highest BCUT2D eigenvalue weighted by molar-refractivity contribution is 6.31. The average Bonchev–Trinajstić information content (AvgIpc) is 2.14. The van der Waals surface area contributed by atoms with Gasteiger partial charge in [-0.3, -0.25) is 0 Å². The van der Waals surface area contributed by atoms with Crippen LogP contribution in [0.25, 0.3) is 0 Å². The first kappa shape index (κ1) is 12.5. The Hall–Kier alpha value is -0.530. The van der Waals surface area contributed by atoms with Gasteiger partial charge in [-0.05, 0) is 24.0 Å². The third-order valence-electron chi connectivity index (χ3n) is 2.86. The van der Waals surface area contributed by atoms with E-state index in [2.05, 4.69) is 39.1 Å². The lowest BCUT2D eigenvalue weighted by Crippen LogP contribution is -2.37. The molecule has 1 nitrogen and oxygen atoms in total. The molecule has 0 bridgehead atoms. The van der Waals surface area contributed by atoms with Crippen LogP contribution in [-0.4, -0.2) is 6.04 Å². The summed E-state index contributed by atoms with van der Waals surface area (Å²) in [5.41, 5.74) is 1.44. The molecule has 0 radical (unpaired) electrons. The largest absolute Gasteiger partial charge is 0.310 e. The van der Waals surface area contributed by atoms with Crippen molar-refractivity contribution in [3.05, 3.63) is 34.9 Å². The highest BCUT2D eigenvalue weighted by Gasteiger charge is 2.19. The van der Waals surface area contributed by atoms with Crippen molar-refractivity contribution in [3.63, 3.8) is 0 Å². The molecule has 0 spiro atoms. The van der Waals surface area contributed by atoms with Crippen LogP contribution in [0, 0.1) is 5.41 Å². The second-order valence-electron chi connectivity index (χ2n) is 5.06. The monoisotopic (exact) mass is 225 g/mol. The Kier molecular flexibility index (Phi) is 4.18. The maximum absolute atomic E-state index is 6.08. The first-order valence-electron chi connectivity index (χ1n) is 5.38. The summed E-state index contributed by atoms with van der Waals surface area (Å²) in [6, 6.07) is 8.43. The smallest absolute Gasteiger partial charge is 0.0450 e. The molecule has 0 amide bonds. The second-order valence-corrected chi connectivity index (χ2v) is 5.47. The summed E-state index contributed by atoms with van der Waals surface area (Å²) < 4.78 is 0. The molecule has 15 heavy (non-hydrogen) atoms. The van der Waals surface area contributed by atoms with Gasteiger partial charge in [0.25, 0.3) is 0 Å². The Labute approximate surface area is 97.8 Å². The molecule has 1 rings (SSSR count). The fourth-order valence-corrected chi connectivity index (χ4v) is 1.41. The SMILES string of the molecule is CC(NCc1ccccc1Cl)C(C)(C)C. The Morgan fingerprint density at radius 2 is 1.87 bits per heavy atom. The molecule has 1 atom stereocenters. The third-order valence-corrected chi connectivity index (χ3v) is 3.22. The molecule has 0 heterocycles. The van der Waals surface area contributed by atoms with Crippen LogP contribution in [0.15, 0.2) is 24.3 Å². The number of benzene rings is 1. The molecule has 0 aliphatic heterocycles. The molecule has 0 aliphatic carbocycles. The Morgan fingerprint density at radius 1 is 1.27 bits per heavy atom. The fraction of sp³-hybridized carbons (Fsp3) is 0.538. The van der Waals surface area contributed by atoms with Crippen molar-refractivity contribution in [2.24, 2.45) is 5.41 Å². The fourth-order valence-electron chi connectivity index (χ4n) is 1.21. The van der Waals surface area contributed by atoms with Crippen LogP contribution in [-0.2, 0) is 6.54 Å². The average molecular weight is 226 g/mol. The van der Waals surface area contributed by atoms with Gasteiger partial charge >= 0.3 is 0 Å². The molecule has 0 aromatic heterocycles. The highest BCUT2D eigenvalue weighted by atomic mass is 35.5. The van der Waals surface area contributed by atoms with Gasteiger partial charge in [0.1, 0.15) is 0 Å². The van der Waals surface area contributed by atoms with E-state index < -0.39 is 0 Å². The van der Waals surface area contributed by atoms with Gasteiger partial charge in [-0.1, -0.05) is 50.6 Å². The molecule has 0 aliphatic rings. The molecular formula is C13H20ClN. The second kappa shape index (κ2) is 5.00. The van der Waals surface area contributed by atoms with E-state index in [9.17, 15) is 0 Å². The van der Waals surface area contributed by atoms with Crippen LogP contribution >= 0.6 is 11.6 Å². The third kappa shape index (κ3) is 3.84. The summed E-state index contributed by atoms with van der Waals surface area (Å²) in [5, 5.41) is 4.33. The zero-order valence-electron chi connectivity index (χ0n) is 9.97. The lowest BCUT2D eigenvalue weighted by atomic mass is 9.88. The molecule has 1 aromatic rings. The van der Waals surface area contributed by atoms with E-state index in [0.29, 0.717) is 6.04 Å². The first-order chi connectivity index (χ1) is 6.91. The quantitative estimate of drug-likeness (QED) is 0.824. The van der Waals surface area contributed by atoms with Gasteiger partial charge in [-0.2, -0.15) is 0 Å². The van der Waals surface area contributed by atoms with Crippen molar-refractivity contribution in [2.75, 3.05) is 0 Å². The first-order valence-corrected chi connectivity index (χ1v) is 5.76. The van der Waals surface area contributed by atoms with E-state index in [1.54, 1.807) is 0 Å². The zero-order chi connectivity index (χ0) is 11.5. The Balaban J connectivity index is 2.55. The van der Waals surface area contributed by atoms with Gasteiger partial charge in [0.2, 0.25) is 0 Å². The number of hydrogen-bond acceptors (Lipinski definition) is 1. The summed E-state index contributed by atoms with van der Waals surface area (Å²) in [6.45, 7) is 9.74. The van der Waals surface area contributed by atoms with E-state index in [0.717, 1.165) is 17.1 Å². The summed E-state index contributed by atoms with van der Waals surface area (Å²) in [6.07, 6.45) is 0. The molecule has 0 fully saturated rings. The highest BCUT2D eigenvalue weighted by Crippen LogP contribution is 2.20. The van der Waals surface area contributed by atoms with Gasteiger partial charge in [-0.15, -0.1) is 0 Å². The number of nitrogens with one attached hydrogen (secondary N) is 1. The molecule has 1 aromatic carbocycles. The van der Waals surface area contributed by atoms with Crippen LogP contribution in [0.4, 0.5) is 0 Å². The van der Waals surface area contributed by atoms with E-state index in [4.69, 9.17) is 11.6 Å². The maximum Gasteiger partial charge on any atom is 0.0450 e. The van der Waals surface area contributed by atoms with Gasteiger partial charge in [0.15, 0.2) is 0 Å². The molecule has 1 unspecified atom stereocenters. The van der Waals surface area contributed by atoms with E-state index >= 15 is 0 Å². The van der Waals surface area contributed by atoms with E-state index in [1.165, 1.54) is 0 Å². The van der Waals surface area contributed by atoms with Gasteiger partial charge < -0.3 is 5.32 Å². The summed E-state index contributed by atoms with van der Waals surface area (Å²) in [4.78, 5) is 0. The van der Waals surface area contributed by atoms with Crippen molar-refractivity contribution in [2.45, 2.75) is 40.3 Å². The van der Waals surface area contributed by atoms with Crippen molar-refractivity contribution in [3.8, 4) is 0 Å². The molecule has 84 valence electrons. The Morgan fingerprint density at radius 3 is 2.40 bits per heavy atom. The zero-order valence-corrected chi connectivity index (χ0v) is 10.7. The minimum atomic E-state index is 0.279. The van der Waals surface area contributed by atoms with Crippen molar-refractivity contribution >= 4 is 11.6 Å². The molecule has 2 heteroatoms. The van der Waals surface area contributed by atoms with Crippen molar-refractivity contribution in [1.29, 1.82) is 0 Å². The lowest BCUT2D eigenvalue weighted by molar-refractivity contribution is 0.285. The summed E-state index contributed by atoms with van der Waals surface area (Å²) in [5.74, 6) is 0. The predicted octanol–water partition coefficient (Wildman–Crippen LogP) is 3.86.